The third-order valence-corrected chi connectivity index (χ3v) is 3.93. The largest absolute Gasteiger partial charge is 0.494 e. The summed E-state index contributed by atoms with van der Waals surface area (Å²) < 4.78 is 10.7. The number of hydrogen-bond donors (Lipinski definition) is 2. The van der Waals surface area contributed by atoms with Crippen LogP contribution in [0.1, 0.15) is 30.9 Å². The van der Waals surface area contributed by atoms with E-state index in [1.165, 1.54) is 0 Å². The monoisotopic (exact) mass is 371 g/mol. The molecule has 2 aromatic rings. The summed E-state index contributed by atoms with van der Waals surface area (Å²) in [6, 6.07) is 15.3. The van der Waals surface area contributed by atoms with Crippen molar-refractivity contribution in [3.63, 3.8) is 0 Å². The second kappa shape index (κ2) is 10.9. The van der Waals surface area contributed by atoms with Crippen LogP contribution < -0.4 is 10.1 Å². The summed E-state index contributed by atoms with van der Waals surface area (Å²) in [7, 11) is 0. The molecule has 6 nitrogen and oxygen atoms in total. The molecule has 27 heavy (non-hydrogen) atoms. The molecule has 0 radical (unpaired) electrons. The van der Waals surface area contributed by atoms with E-state index in [-0.39, 0.29) is 13.0 Å². The molecule has 2 N–H and O–H groups in total. The molecule has 0 heterocycles. The van der Waals surface area contributed by atoms with Crippen LogP contribution in [0.4, 0.5) is 4.79 Å². The number of amides is 1. The maximum absolute atomic E-state index is 11.9. The van der Waals surface area contributed by atoms with Gasteiger partial charge in [-0.3, -0.25) is 0 Å². The molecule has 2 aromatic carbocycles. The highest BCUT2D eigenvalue weighted by Crippen LogP contribution is 2.14. The summed E-state index contributed by atoms with van der Waals surface area (Å²) in [4.78, 5) is 23.4. The number of alkyl carbamates (subject to hydrolysis) is 1. The first-order chi connectivity index (χ1) is 13.1. The van der Waals surface area contributed by atoms with Gasteiger partial charge in [-0.15, -0.1) is 0 Å². The van der Waals surface area contributed by atoms with Crippen LogP contribution in [0.5, 0.6) is 5.75 Å². The molecule has 0 aliphatic heterocycles. The number of carbonyl (C=O) groups excluding carboxylic acids is 1. The van der Waals surface area contributed by atoms with Crippen LogP contribution in [0.15, 0.2) is 54.6 Å². The highest BCUT2D eigenvalue weighted by Gasteiger charge is 2.21. The number of rotatable bonds is 10. The fourth-order valence-corrected chi connectivity index (χ4v) is 2.40. The molecule has 1 atom stereocenters. The zero-order valence-corrected chi connectivity index (χ0v) is 15.4. The number of carboxylic acids is 1. The van der Waals surface area contributed by atoms with Gasteiger partial charge >= 0.3 is 12.1 Å². The Bertz CT molecular complexity index is 715. The molecular formula is C21H25NO5. The van der Waals surface area contributed by atoms with Gasteiger partial charge in [0.2, 0.25) is 0 Å². The first-order valence-electron chi connectivity index (χ1n) is 9.00. The van der Waals surface area contributed by atoms with E-state index in [1.807, 2.05) is 30.3 Å². The highest BCUT2D eigenvalue weighted by atomic mass is 16.5. The smallest absolute Gasteiger partial charge is 0.408 e. The molecule has 0 aliphatic carbocycles. The molecule has 0 saturated carbocycles. The van der Waals surface area contributed by atoms with Crippen LogP contribution in [0, 0.1) is 0 Å². The van der Waals surface area contributed by atoms with Crippen LogP contribution >= 0.6 is 0 Å². The number of ether oxygens (including phenoxy) is 2. The number of unbranched alkanes of at least 4 members (excludes halogenated alkanes) is 1. The van der Waals surface area contributed by atoms with E-state index in [9.17, 15) is 14.7 Å². The Kier molecular flexibility index (Phi) is 8.16. The lowest BCUT2D eigenvalue weighted by atomic mass is 10.1. The number of nitrogens with one attached hydrogen (secondary N) is 1. The fourth-order valence-electron chi connectivity index (χ4n) is 2.40. The molecule has 0 saturated heterocycles. The zero-order valence-electron chi connectivity index (χ0n) is 15.4. The number of benzene rings is 2. The van der Waals surface area contributed by atoms with E-state index in [0.29, 0.717) is 6.61 Å². The Balaban J connectivity index is 1.85. The molecule has 0 bridgehead atoms. The number of carboxylic acid groups (broad SMARTS) is 1. The van der Waals surface area contributed by atoms with Gasteiger partial charge in [0.15, 0.2) is 0 Å². The molecule has 0 unspecified atom stereocenters. The average Bonchev–Trinajstić information content (AvgIpc) is 2.68. The third kappa shape index (κ3) is 7.40. The molecule has 6 heteroatoms. The lowest BCUT2D eigenvalue weighted by Crippen LogP contribution is -2.42. The average molecular weight is 371 g/mol. The Labute approximate surface area is 159 Å². The summed E-state index contributed by atoms with van der Waals surface area (Å²) in [6.45, 7) is 2.83. The summed E-state index contributed by atoms with van der Waals surface area (Å²) in [5.41, 5.74) is 1.62. The van der Waals surface area contributed by atoms with Gasteiger partial charge in [0.05, 0.1) is 6.61 Å². The first-order valence-corrected chi connectivity index (χ1v) is 9.00. The van der Waals surface area contributed by atoms with Gasteiger partial charge < -0.3 is 19.9 Å². The maximum atomic E-state index is 11.9. The van der Waals surface area contributed by atoms with Crippen molar-refractivity contribution < 1.29 is 24.2 Å². The lowest BCUT2D eigenvalue weighted by Gasteiger charge is -2.15. The number of hydrogen-bond acceptors (Lipinski definition) is 4. The highest BCUT2D eigenvalue weighted by molar-refractivity contribution is 5.80. The van der Waals surface area contributed by atoms with Gasteiger partial charge in [-0.05, 0) is 29.7 Å². The molecule has 0 aromatic heterocycles. The molecule has 0 fully saturated rings. The lowest BCUT2D eigenvalue weighted by molar-refractivity contribution is -0.139. The second-order valence-electron chi connectivity index (χ2n) is 6.15. The van der Waals surface area contributed by atoms with Crippen molar-refractivity contribution in [1.82, 2.24) is 5.32 Å². The Hall–Kier alpha value is -3.02. The standard InChI is InChI=1S/C21H25NO5/c1-2-3-13-26-18-11-9-16(10-12-18)14-19(20(23)24)22-21(25)27-15-17-7-5-4-6-8-17/h4-12,19H,2-3,13-15H2,1H3,(H,22,25)(H,23,24)/t19-/m0/s1. The Morgan fingerprint density at radius 1 is 1.04 bits per heavy atom. The third-order valence-electron chi connectivity index (χ3n) is 3.93. The molecule has 1 amide bonds. The predicted octanol–water partition coefficient (Wildman–Crippen LogP) is 3.79. The maximum Gasteiger partial charge on any atom is 0.408 e. The molecule has 2 rings (SSSR count). The minimum atomic E-state index is -1.12. The van der Waals surface area contributed by atoms with Crippen LogP contribution in [-0.4, -0.2) is 29.8 Å². The fraction of sp³-hybridized carbons (Fsp3) is 0.333. The van der Waals surface area contributed by atoms with Crippen LogP contribution in [0.25, 0.3) is 0 Å². The summed E-state index contributed by atoms with van der Waals surface area (Å²) >= 11 is 0. The first kappa shape index (κ1) is 20.3. The normalized spacial score (nSPS) is 11.4. The Morgan fingerprint density at radius 2 is 1.74 bits per heavy atom. The second-order valence-corrected chi connectivity index (χ2v) is 6.15. The van der Waals surface area contributed by atoms with E-state index >= 15 is 0 Å². The minimum absolute atomic E-state index is 0.0861. The van der Waals surface area contributed by atoms with Gasteiger partial charge in [-0.1, -0.05) is 55.8 Å². The van der Waals surface area contributed by atoms with Gasteiger partial charge in [0.25, 0.3) is 0 Å². The van der Waals surface area contributed by atoms with E-state index in [1.54, 1.807) is 24.3 Å². The number of carbonyl (C=O) groups is 2. The summed E-state index contributed by atoms with van der Waals surface area (Å²) in [6.07, 6.45) is 1.44. The van der Waals surface area contributed by atoms with Crippen molar-refractivity contribution in [2.75, 3.05) is 6.61 Å². The van der Waals surface area contributed by atoms with E-state index in [4.69, 9.17) is 9.47 Å². The van der Waals surface area contributed by atoms with Crippen molar-refractivity contribution in [2.24, 2.45) is 0 Å². The van der Waals surface area contributed by atoms with E-state index < -0.39 is 18.1 Å². The van der Waals surface area contributed by atoms with E-state index in [0.717, 1.165) is 29.7 Å². The van der Waals surface area contributed by atoms with Crippen LogP contribution in [0.2, 0.25) is 0 Å². The van der Waals surface area contributed by atoms with Crippen molar-refractivity contribution >= 4 is 12.1 Å². The topological polar surface area (TPSA) is 84.9 Å². The van der Waals surface area contributed by atoms with E-state index in [2.05, 4.69) is 12.2 Å². The molecule has 0 aliphatic rings. The van der Waals surface area contributed by atoms with Crippen molar-refractivity contribution in [1.29, 1.82) is 0 Å². The van der Waals surface area contributed by atoms with Gasteiger partial charge in [-0.25, -0.2) is 9.59 Å². The van der Waals surface area contributed by atoms with Crippen LogP contribution in [0.3, 0.4) is 0 Å². The molecule has 0 spiro atoms. The van der Waals surface area contributed by atoms with Crippen LogP contribution in [-0.2, 0) is 22.6 Å². The predicted molar refractivity (Wildman–Crippen MR) is 102 cm³/mol. The minimum Gasteiger partial charge on any atom is -0.494 e. The SMILES string of the molecule is CCCCOc1ccc(C[C@H](NC(=O)OCc2ccccc2)C(=O)O)cc1. The van der Waals surface area contributed by atoms with Gasteiger partial charge in [0.1, 0.15) is 18.4 Å². The number of aliphatic carboxylic acids is 1. The summed E-state index contributed by atoms with van der Waals surface area (Å²) in [5.74, 6) is -0.371. The molecule has 144 valence electrons. The van der Waals surface area contributed by atoms with Crippen molar-refractivity contribution in [3.05, 3.63) is 65.7 Å². The van der Waals surface area contributed by atoms with Gasteiger partial charge in [0, 0.05) is 6.42 Å². The van der Waals surface area contributed by atoms with Crippen molar-refractivity contribution in [2.45, 2.75) is 38.8 Å². The van der Waals surface area contributed by atoms with Crippen molar-refractivity contribution in [3.8, 4) is 5.75 Å². The Morgan fingerprint density at radius 3 is 2.37 bits per heavy atom. The quantitative estimate of drug-likeness (QED) is 0.621. The van der Waals surface area contributed by atoms with Gasteiger partial charge in [-0.2, -0.15) is 0 Å². The zero-order chi connectivity index (χ0) is 19.5. The summed E-state index contributed by atoms with van der Waals surface area (Å²) in [5, 5.41) is 11.8. The molecular weight excluding hydrogens is 346 g/mol.